The summed E-state index contributed by atoms with van der Waals surface area (Å²) in [6, 6.07) is 9.58. The molecular weight excluding hydrogens is 469 g/mol. The molecule has 0 radical (unpaired) electrons. The molecule has 0 aliphatic heterocycles. The third kappa shape index (κ3) is 7.46. The first-order valence-electron chi connectivity index (χ1n) is 11.5. The molecule has 0 aliphatic carbocycles. The van der Waals surface area contributed by atoms with E-state index in [1.165, 1.54) is 58.9 Å². The van der Waals surface area contributed by atoms with E-state index in [1.807, 2.05) is 35.2 Å². The van der Waals surface area contributed by atoms with Gasteiger partial charge in [0.1, 0.15) is 0 Å². The normalized spacial score (nSPS) is 13.7. The molecule has 1 aromatic rings. The van der Waals surface area contributed by atoms with E-state index in [0.717, 1.165) is 5.56 Å². The van der Waals surface area contributed by atoms with E-state index >= 15 is 0 Å². The number of rotatable bonds is 14. The monoisotopic (exact) mass is 513 g/mol. The zero-order valence-corrected chi connectivity index (χ0v) is 22.2. The zero-order chi connectivity index (χ0) is 21.7. The van der Waals surface area contributed by atoms with Gasteiger partial charge >= 0.3 is 183 Å². The fraction of sp³-hybridized carbons (Fsp3) is 0.708. The minimum absolute atomic E-state index is 0.0826. The van der Waals surface area contributed by atoms with Crippen LogP contribution in [0.1, 0.15) is 77.8 Å². The van der Waals surface area contributed by atoms with Crippen LogP contribution in [0.2, 0.25) is 13.3 Å². The van der Waals surface area contributed by atoms with Gasteiger partial charge in [-0.2, -0.15) is 0 Å². The summed E-state index contributed by atoms with van der Waals surface area (Å²) in [6.07, 6.45) is 7.04. The Morgan fingerprint density at radius 3 is 1.86 bits per heavy atom. The first-order valence-corrected chi connectivity index (χ1v) is 19.2. The number of amides is 1. The summed E-state index contributed by atoms with van der Waals surface area (Å²) in [4.78, 5) is 14.9. The van der Waals surface area contributed by atoms with Gasteiger partial charge in [0, 0.05) is 0 Å². The number of aliphatic hydroxyl groups excluding tert-OH is 1. The van der Waals surface area contributed by atoms with E-state index in [0.29, 0.717) is 0 Å². The van der Waals surface area contributed by atoms with Gasteiger partial charge in [-0.15, -0.1) is 0 Å². The molecule has 0 unspecified atom stereocenters. The molecule has 1 amide bonds. The van der Waals surface area contributed by atoms with Crippen LogP contribution in [0.5, 0.6) is 0 Å². The standard InChI is InChI=1S/C12H16NO3.3C4H9.Sn/c1-3-13(12(15)16-2)11(9-14)10-7-5-4-6-8-10;3*1-3-4-2;/h3-8,11,14H,9H2,1-2H3;3*1,3-4H2,2H3;/t11-;;;;/m1..../s1. The van der Waals surface area contributed by atoms with Crippen molar-refractivity contribution in [2.75, 3.05) is 13.7 Å². The molecule has 0 spiro atoms. The average Bonchev–Trinajstić information content (AvgIpc) is 2.76. The third-order valence-electron chi connectivity index (χ3n) is 6.47. The quantitative estimate of drug-likeness (QED) is 0.287. The van der Waals surface area contributed by atoms with Gasteiger partial charge in [0.2, 0.25) is 0 Å². The Morgan fingerprint density at radius 1 is 1.00 bits per heavy atom. The first-order chi connectivity index (χ1) is 14.0. The molecule has 0 saturated carbocycles. The summed E-state index contributed by atoms with van der Waals surface area (Å²) in [5.41, 5.74) is 0.980. The molecule has 0 aliphatic rings. The predicted molar refractivity (Wildman–Crippen MR) is 125 cm³/mol. The van der Waals surface area contributed by atoms with E-state index in [2.05, 4.69) is 27.7 Å². The molecule has 1 rings (SSSR count). The average molecular weight is 512 g/mol. The number of methoxy groups -OCH3 is 1. The minimum atomic E-state index is -2.75. The number of hydrogen-bond donors (Lipinski definition) is 1. The third-order valence-corrected chi connectivity index (χ3v) is 23.9. The van der Waals surface area contributed by atoms with E-state index in [4.69, 9.17) is 4.74 Å². The van der Waals surface area contributed by atoms with Crippen LogP contribution in [0, 0.1) is 0 Å². The van der Waals surface area contributed by atoms with Crippen LogP contribution in [0.3, 0.4) is 0 Å². The molecule has 0 bridgehead atoms. The van der Waals surface area contributed by atoms with E-state index < -0.39 is 18.4 Å². The SMILES string of the molecule is CCC[CH2][Sn]([CH2]CCC)([CH2]CCC)[C@H](C)N(C(=O)OC)[C@H](CO)c1ccccc1. The molecule has 0 heterocycles. The molecule has 0 aromatic heterocycles. The van der Waals surface area contributed by atoms with Gasteiger partial charge < -0.3 is 0 Å². The molecule has 2 atom stereocenters. The van der Waals surface area contributed by atoms with Crippen LogP contribution in [-0.4, -0.2) is 52.3 Å². The Labute approximate surface area is 182 Å². The number of carbonyl (C=O) groups is 1. The van der Waals surface area contributed by atoms with E-state index in [-0.39, 0.29) is 22.8 Å². The van der Waals surface area contributed by atoms with Crippen molar-refractivity contribution in [1.82, 2.24) is 4.90 Å². The zero-order valence-electron chi connectivity index (χ0n) is 19.3. The van der Waals surface area contributed by atoms with Crippen molar-refractivity contribution < 1.29 is 14.6 Å². The van der Waals surface area contributed by atoms with Crippen molar-refractivity contribution in [2.24, 2.45) is 0 Å². The Kier molecular flexibility index (Phi) is 13.0. The molecule has 4 nitrogen and oxygen atoms in total. The molecule has 5 heteroatoms. The molecular formula is C24H43NO3Sn. The molecule has 0 saturated heterocycles. The van der Waals surface area contributed by atoms with Crippen molar-refractivity contribution in [3.05, 3.63) is 35.9 Å². The summed E-state index contributed by atoms with van der Waals surface area (Å²) in [6.45, 7) is 8.97. The summed E-state index contributed by atoms with van der Waals surface area (Å²) < 4.78 is 9.39. The summed E-state index contributed by atoms with van der Waals surface area (Å²) in [5.74, 6) is 0. The van der Waals surface area contributed by atoms with Gasteiger partial charge in [0.05, 0.1) is 0 Å². The van der Waals surface area contributed by atoms with Crippen LogP contribution in [-0.2, 0) is 4.74 Å². The molecule has 0 fully saturated rings. The Bertz CT molecular complexity index is 545. The topological polar surface area (TPSA) is 49.8 Å². The van der Waals surface area contributed by atoms with Crippen molar-refractivity contribution in [2.45, 2.75) is 89.6 Å². The van der Waals surface area contributed by atoms with Gasteiger partial charge in [0.25, 0.3) is 0 Å². The maximum absolute atomic E-state index is 13.0. The fourth-order valence-electron chi connectivity index (χ4n) is 4.57. The second kappa shape index (κ2) is 14.3. The number of benzene rings is 1. The Hall–Kier alpha value is -0.751. The second-order valence-corrected chi connectivity index (χ2v) is 22.8. The first kappa shape index (κ1) is 26.3. The molecule has 1 aromatic carbocycles. The summed E-state index contributed by atoms with van der Waals surface area (Å²) in [7, 11) is 1.46. The van der Waals surface area contributed by atoms with Crippen molar-refractivity contribution >= 4 is 24.5 Å². The predicted octanol–water partition coefficient (Wildman–Crippen LogP) is 6.57. The van der Waals surface area contributed by atoms with Crippen LogP contribution in [0.25, 0.3) is 0 Å². The number of carbonyl (C=O) groups excluding carboxylic acids is 1. The van der Waals surface area contributed by atoms with Crippen molar-refractivity contribution in [3.63, 3.8) is 0 Å². The molecule has 29 heavy (non-hydrogen) atoms. The van der Waals surface area contributed by atoms with Crippen molar-refractivity contribution in [3.8, 4) is 0 Å². The number of nitrogens with zero attached hydrogens (tertiary/aromatic N) is 1. The number of unbranched alkanes of at least 4 members (excludes halogenated alkanes) is 3. The van der Waals surface area contributed by atoms with Gasteiger partial charge in [0.15, 0.2) is 0 Å². The van der Waals surface area contributed by atoms with E-state index in [9.17, 15) is 9.90 Å². The van der Waals surface area contributed by atoms with Crippen molar-refractivity contribution in [1.29, 1.82) is 0 Å². The van der Waals surface area contributed by atoms with Crippen LogP contribution in [0.4, 0.5) is 4.79 Å². The van der Waals surface area contributed by atoms with Gasteiger partial charge in [-0.25, -0.2) is 0 Å². The van der Waals surface area contributed by atoms with Gasteiger partial charge in [-0.1, -0.05) is 0 Å². The fourth-order valence-corrected chi connectivity index (χ4v) is 21.8. The molecule has 1 N–H and O–H groups in total. The number of ether oxygens (including phenoxy) is 1. The van der Waals surface area contributed by atoms with Crippen LogP contribution in [0.15, 0.2) is 30.3 Å². The molecule has 166 valence electrons. The number of hydrogen-bond acceptors (Lipinski definition) is 3. The van der Waals surface area contributed by atoms with Gasteiger partial charge in [-0.05, 0) is 0 Å². The van der Waals surface area contributed by atoms with Crippen LogP contribution >= 0.6 is 0 Å². The van der Waals surface area contributed by atoms with Gasteiger partial charge in [-0.3, -0.25) is 0 Å². The number of aliphatic hydroxyl groups is 1. The Balaban J connectivity index is 3.40. The summed E-state index contributed by atoms with van der Waals surface area (Å²) in [5, 5.41) is 10.3. The summed E-state index contributed by atoms with van der Waals surface area (Å²) >= 11 is -2.75. The Morgan fingerprint density at radius 2 is 1.48 bits per heavy atom. The maximum atomic E-state index is 13.0. The second-order valence-electron chi connectivity index (χ2n) is 8.34. The van der Waals surface area contributed by atoms with E-state index in [1.54, 1.807) is 0 Å². The van der Waals surface area contributed by atoms with Crippen LogP contribution < -0.4 is 0 Å².